The second-order valence-electron chi connectivity index (χ2n) is 5.99. The Morgan fingerprint density at radius 1 is 1.15 bits per heavy atom. The minimum absolute atomic E-state index is 0.268. The van der Waals surface area contributed by atoms with Crippen LogP contribution in [0.25, 0.3) is 0 Å². The average Bonchev–Trinajstić information content (AvgIpc) is 2.62. The third-order valence-corrected chi connectivity index (χ3v) is 6.17. The third-order valence-electron chi connectivity index (χ3n) is 3.68. The molecule has 0 heterocycles. The molecule has 146 valence electrons. The van der Waals surface area contributed by atoms with Crippen LogP contribution in [-0.4, -0.2) is 39.4 Å². The highest BCUT2D eigenvalue weighted by Crippen LogP contribution is 2.21. The molecule has 1 amide bonds. The molecular formula is C19H23ClN2O3S2. The summed E-state index contributed by atoms with van der Waals surface area (Å²) in [5.41, 5.74) is 1.65. The van der Waals surface area contributed by atoms with Gasteiger partial charge in [-0.3, -0.25) is 9.10 Å². The minimum Gasteiger partial charge on any atom is -0.354 e. The van der Waals surface area contributed by atoms with Crippen LogP contribution in [-0.2, 0) is 20.6 Å². The van der Waals surface area contributed by atoms with Gasteiger partial charge in [-0.25, -0.2) is 8.42 Å². The van der Waals surface area contributed by atoms with Crippen LogP contribution in [0, 0.1) is 0 Å². The van der Waals surface area contributed by atoms with Crippen molar-refractivity contribution < 1.29 is 13.2 Å². The van der Waals surface area contributed by atoms with E-state index in [1.807, 2.05) is 18.2 Å². The summed E-state index contributed by atoms with van der Waals surface area (Å²) in [4.78, 5) is 12.2. The first-order chi connectivity index (χ1) is 12.9. The Kier molecular flexibility index (Phi) is 8.47. The van der Waals surface area contributed by atoms with Crippen LogP contribution in [0.5, 0.6) is 0 Å². The van der Waals surface area contributed by atoms with Crippen molar-refractivity contribution in [2.45, 2.75) is 12.2 Å². The van der Waals surface area contributed by atoms with Gasteiger partial charge in [-0.05, 0) is 35.9 Å². The number of hydrogen-bond donors (Lipinski definition) is 1. The minimum atomic E-state index is -3.59. The van der Waals surface area contributed by atoms with E-state index in [-0.39, 0.29) is 12.5 Å². The number of amides is 1. The monoisotopic (exact) mass is 426 g/mol. The second-order valence-corrected chi connectivity index (χ2v) is 9.44. The van der Waals surface area contributed by atoms with Crippen molar-refractivity contribution in [2.75, 3.05) is 29.4 Å². The van der Waals surface area contributed by atoms with E-state index < -0.39 is 10.0 Å². The van der Waals surface area contributed by atoms with Crippen LogP contribution in [0.2, 0.25) is 5.02 Å². The Labute approximate surface area is 170 Å². The number of benzene rings is 2. The van der Waals surface area contributed by atoms with Crippen molar-refractivity contribution in [3.05, 3.63) is 65.2 Å². The summed E-state index contributed by atoms with van der Waals surface area (Å²) < 4.78 is 25.1. The SMILES string of the molecule is CS(=O)(=O)N(CC(=O)NCCCSCc1ccccc1)c1cccc(Cl)c1. The number of rotatable bonds is 10. The van der Waals surface area contributed by atoms with E-state index in [0.717, 1.165) is 28.5 Å². The summed E-state index contributed by atoms with van der Waals surface area (Å²) in [6.07, 6.45) is 1.89. The third kappa shape index (κ3) is 7.82. The summed E-state index contributed by atoms with van der Waals surface area (Å²) in [6.45, 7) is 0.240. The highest BCUT2D eigenvalue weighted by atomic mass is 35.5. The number of nitrogens with zero attached hydrogens (tertiary/aromatic N) is 1. The van der Waals surface area contributed by atoms with Gasteiger partial charge >= 0.3 is 0 Å². The van der Waals surface area contributed by atoms with E-state index in [2.05, 4.69) is 17.4 Å². The molecule has 2 aromatic carbocycles. The van der Waals surface area contributed by atoms with E-state index in [1.165, 1.54) is 11.6 Å². The number of hydrogen-bond acceptors (Lipinski definition) is 4. The summed E-state index contributed by atoms with van der Waals surface area (Å²) in [5.74, 6) is 1.51. The van der Waals surface area contributed by atoms with E-state index in [0.29, 0.717) is 17.3 Å². The molecule has 0 fully saturated rings. The molecule has 27 heavy (non-hydrogen) atoms. The van der Waals surface area contributed by atoms with Crippen LogP contribution >= 0.6 is 23.4 Å². The zero-order chi connectivity index (χ0) is 19.7. The van der Waals surface area contributed by atoms with Gasteiger partial charge in [-0.15, -0.1) is 0 Å². The molecule has 0 saturated carbocycles. The van der Waals surface area contributed by atoms with Gasteiger partial charge in [-0.1, -0.05) is 48.0 Å². The molecule has 0 bridgehead atoms. The second kappa shape index (κ2) is 10.6. The van der Waals surface area contributed by atoms with Crippen LogP contribution in [0.4, 0.5) is 5.69 Å². The summed E-state index contributed by atoms with van der Waals surface area (Å²) >= 11 is 7.73. The molecule has 0 spiro atoms. The maximum atomic E-state index is 12.2. The number of nitrogens with one attached hydrogen (secondary N) is 1. The highest BCUT2D eigenvalue weighted by Gasteiger charge is 2.20. The number of carbonyl (C=O) groups is 1. The van der Waals surface area contributed by atoms with Crippen molar-refractivity contribution in [1.82, 2.24) is 5.32 Å². The van der Waals surface area contributed by atoms with Crippen LogP contribution in [0.15, 0.2) is 54.6 Å². The molecule has 8 heteroatoms. The molecule has 0 saturated heterocycles. The fourth-order valence-electron chi connectivity index (χ4n) is 2.38. The fourth-order valence-corrected chi connectivity index (χ4v) is 4.34. The van der Waals surface area contributed by atoms with Gasteiger partial charge in [-0.2, -0.15) is 11.8 Å². The molecule has 0 aromatic heterocycles. The number of thioether (sulfide) groups is 1. The molecule has 0 atom stereocenters. The highest BCUT2D eigenvalue weighted by molar-refractivity contribution is 7.98. The Bertz CT molecular complexity index is 845. The van der Waals surface area contributed by atoms with Gasteiger partial charge in [0, 0.05) is 17.3 Å². The molecule has 0 radical (unpaired) electrons. The van der Waals surface area contributed by atoms with E-state index in [4.69, 9.17) is 11.6 Å². The summed E-state index contributed by atoms with van der Waals surface area (Å²) in [7, 11) is -3.59. The lowest BCUT2D eigenvalue weighted by atomic mass is 10.2. The van der Waals surface area contributed by atoms with Crippen LogP contribution in [0.1, 0.15) is 12.0 Å². The molecular weight excluding hydrogens is 404 g/mol. The lowest BCUT2D eigenvalue weighted by Gasteiger charge is -2.22. The van der Waals surface area contributed by atoms with Gasteiger partial charge in [0.2, 0.25) is 15.9 Å². The van der Waals surface area contributed by atoms with E-state index in [1.54, 1.807) is 30.0 Å². The van der Waals surface area contributed by atoms with Crippen molar-refractivity contribution in [1.29, 1.82) is 0 Å². The lowest BCUT2D eigenvalue weighted by molar-refractivity contribution is -0.119. The lowest BCUT2D eigenvalue weighted by Crippen LogP contribution is -2.40. The van der Waals surface area contributed by atoms with Crippen molar-refractivity contribution in [2.24, 2.45) is 0 Å². The van der Waals surface area contributed by atoms with Gasteiger partial charge < -0.3 is 5.32 Å². The first-order valence-corrected chi connectivity index (χ1v) is 11.9. The molecule has 1 N–H and O–H groups in total. The number of carbonyl (C=O) groups excluding carboxylic acids is 1. The molecule has 0 aliphatic rings. The largest absolute Gasteiger partial charge is 0.354 e. The number of sulfonamides is 1. The molecule has 2 rings (SSSR count). The van der Waals surface area contributed by atoms with E-state index in [9.17, 15) is 13.2 Å². The maximum Gasteiger partial charge on any atom is 0.240 e. The topological polar surface area (TPSA) is 66.5 Å². The van der Waals surface area contributed by atoms with Gasteiger partial charge in [0.25, 0.3) is 0 Å². The Balaban J connectivity index is 1.76. The standard InChI is InChI=1S/C19H23ClN2O3S2/c1-27(24,25)22(18-10-5-9-17(20)13-18)14-19(23)21-11-6-12-26-15-16-7-3-2-4-8-16/h2-5,7-10,13H,6,11-12,14-15H2,1H3,(H,21,23). The molecule has 2 aromatic rings. The van der Waals surface area contributed by atoms with Gasteiger partial charge in [0.1, 0.15) is 6.54 Å². The smallest absolute Gasteiger partial charge is 0.240 e. The Morgan fingerprint density at radius 3 is 2.56 bits per heavy atom. The quantitative estimate of drug-likeness (QED) is 0.590. The van der Waals surface area contributed by atoms with E-state index >= 15 is 0 Å². The predicted molar refractivity (Wildman–Crippen MR) is 114 cm³/mol. The molecule has 0 unspecified atom stereocenters. The summed E-state index contributed by atoms with van der Waals surface area (Å²) in [6, 6.07) is 16.6. The number of anilines is 1. The van der Waals surface area contributed by atoms with Gasteiger partial charge in [0.15, 0.2) is 0 Å². The Morgan fingerprint density at radius 2 is 1.89 bits per heavy atom. The maximum absolute atomic E-state index is 12.2. The van der Waals surface area contributed by atoms with Gasteiger partial charge in [0.05, 0.1) is 11.9 Å². The average molecular weight is 427 g/mol. The van der Waals surface area contributed by atoms with Crippen LogP contribution < -0.4 is 9.62 Å². The Hall–Kier alpha value is -1.70. The van der Waals surface area contributed by atoms with Crippen molar-refractivity contribution in [3.8, 4) is 0 Å². The fraction of sp³-hybridized carbons (Fsp3) is 0.316. The predicted octanol–water partition coefficient (Wildman–Crippen LogP) is 3.55. The zero-order valence-corrected chi connectivity index (χ0v) is 17.5. The van der Waals surface area contributed by atoms with Crippen molar-refractivity contribution in [3.63, 3.8) is 0 Å². The number of halogens is 1. The zero-order valence-electron chi connectivity index (χ0n) is 15.1. The first kappa shape index (κ1) is 21.6. The molecule has 0 aliphatic heterocycles. The van der Waals surface area contributed by atoms with Crippen molar-refractivity contribution >= 4 is 45.0 Å². The van der Waals surface area contributed by atoms with Crippen LogP contribution in [0.3, 0.4) is 0 Å². The molecule has 0 aliphatic carbocycles. The summed E-state index contributed by atoms with van der Waals surface area (Å²) in [5, 5.41) is 3.19. The normalized spacial score (nSPS) is 11.2. The molecule has 5 nitrogen and oxygen atoms in total. The first-order valence-electron chi connectivity index (χ1n) is 8.48.